The molecule has 0 saturated carbocycles. The predicted molar refractivity (Wildman–Crippen MR) is 105 cm³/mol. The number of benzene rings is 1. The average Bonchev–Trinajstić information content (AvgIpc) is 2.99. The van der Waals surface area contributed by atoms with E-state index in [2.05, 4.69) is 25.9 Å². The lowest BCUT2D eigenvalue weighted by Crippen LogP contribution is -2.30. The van der Waals surface area contributed by atoms with Crippen molar-refractivity contribution < 1.29 is 4.79 Å². The number of aryl methyl sites for hydroxylation is 2. The van der Waals surface area contributed by atoms with E-state index in [4.69, 9.17) is 11.6 Å². The molecule has 3 aromatic rings. The molecule has 7 nitrogen and oxygen atoms in total. The first kappa shape index (κ1) is 18.8. The molecule has 1 aromatic carbocycles. The highest BCUT2D eigenvalue weighted by atomic mass is 35.5. The van der Waals surface area contributed by atoms with Crippen LogP contribution in [0.1, 0.15) is 17.0 Å². The van der Waals surface area contributed by atoms with Crippen molar-refractivity contribution in [3.8, 4) is 5.82 Å². The fourth-order valence-corrected chi connectivity index (χ4v) is 2.76. The Labute approximate surface area is 162 Å². The molecule has 0 aliphatic heterocycles. The van der Waals surface area contributed by atoms with Gasteiger partial charge in [-0.2, -0.15) is 5.10 Å². The van der Waals surface area contributed by atoms with E-state index < -0.39 is 0 Å². The number of nitrogens with one attached hydrogen (secondary N) is 2. The van der Waals surface area contributed by atoms with E-state index in [9.17, 15) is 4.79 Å². The summed E-state index contributed by atoms with van der Waals surface area (Å²) in [5, 5.41) is 19.4. The van der Waals surface area contributed by atoms with Gasteiger partial charge in [0.1, 0.15) is 5.82 Å². The normalized spacial score (nSPS) is 10.6. The van der Waals surface area contributed by atoms with Gasteiger partial charge in [-0.25, -0.2) is 4.68 Å². The van der Waals surface area contributed by atoms with Gasteiger partial charge in [-0.1, -0.05) is 23.7 Å². The minimum atomic E-state index is -0.0370. The van der Waals surface area contributed by atoms with Crippen LogP contribution in [-0.4, -0.2) is 39.0 Å². The highest BCUT2D eigenvalue weighted by molar-refractivity contribution is 6.30. The third-order valence-corrected chi connectivity index (χ3v) is 4.16. The Morgan fingerprint density at radius 1 is 1.07 bits per heavy atom. The van der Waals surface area contributed by atoms with Crippen LogP contribution in [0.2, 0.25) is 5.02 Å². The summed E-state index contributed by atoms with van der Waals surface area (Å²) in [6.45, 7) is 4.96. The fourth-order valence-electron chi connectivity index (χ4n) is 2.64. The number of nitrogens with zero attached hydrogens (tertiary/aromatic N) is 4. The maximum Gasteiger partial charge on any atom is 0.224 e. The Balaban J connectivity index is 1.43. The van der Waals surface area contributed by atoms with Crippen molar-refractivity contribution in [2.75, 3.05) is 18.4 Å². The van der Waals surface area contributed by atoms with Crippen LogP contribution in [0.25, 0.3) is 5.82 Å². The summed E-state index contributed by atoms with van der Waals surface area (Å²) in [4.78, 5) is 11.9. The van der Waals surface area contributed by atoms with E-state index in [-0.39, 0.29) is 5.91 Å². The molecular formula is C19H21ClN6O. The number of anilines is 1. The largest absolute Gasteiger partial charge is 0.367 e. The van der Waals surface area contributed by atoms with Crippen LogP contribution >= 0.6 is 11.6 Å². The minimum absolute atomic E-state index is 0.0370. The maximum atomic E-state index is 11.9. The van der Waals surface area contributed by atoms with Gasteiger partial charge >= 0.3 is 0 Å². The molecule has 3 rings (SSSR count). The van der Waals surface area contributed by atoms with Gasteiger partial charge in [0.15, 0.2) is 5.82 Å². The second kappa shape index (κ2) is 8.64. The van der Waals surface area contributed by atoms with Crippen LogP contribution in [0.4, 0.5) is 5.82 Å². The number of carbonyl (C=O) groups is 1. The topological polar surface area (TPSA) is 84.7 Å². The first-order valence-corrected chi connectivity index (χ1v) is 9.01. The summed E-state index contributed by atoms with van der Waals surface area (Å²) in [6, 6.07) is 12.9. The molecule has 0 atom stereocenters. The zero-order valence-electron chi connectivity index (χ0n) is 15.2. The minimum Gasteiger partial charge on any atom is -0.367 e. The first-order valence-electron chi connectivity index (χ1n) is 8.63. The zero-order valence-corrected chi connectivity index (χ0v) is 16.0. The molecule has 0 unspecified atom stereocenters. The van der Waals surface area contributed by atoms with Gasteiger partial charge in [0.25, 0.3) is 0 Å². The van der Waals surface area contributed by atoms with Gasteiger partial charge < -0.3 is 10.6 Å². The standard InChI is InChI=1S/C19H21ClN6O/c1-13-11-14(2)26(25-13)18-8-7-17(23-24-18)21-9-10-22-19(27)12-15-3-5-16(20)6-4-15/h3-8,11H,9-10,12H2,1-2H3,(H,21,23)(H,22,27). The van der Waals surface area contributed by atoms with Crippen LogP contribution in [0.15, 0.2) is 42.5 Å². The van der Waals surface area contributed by atoms with Crippen molar-refractivity contribution in [2.45, 2.75) is 20.3 Å². The third kappa shape index (κ3) is 5.27. The van der Waals surface area contributed by atoms with Gasteiger partial charge in [0, 0.05) is 23.8 Å². The van der Waals surface area contributed by atoms with E-state index in [0.29, 0.717) is 36.2 Å². The SMILES string of the molecule is Cc1cc(C)n(-c2ccc(NCCNC(=O)Cc3ccc(Cl)cc3)nn2)n1. The van der Waals surface area contributed by atoms with Gasteiger partial charge in [-0.15, -0.1) is 10.2 Å². The summed E-state index contributed by atoms with van der Waals surface area (Å²) in [6.07, 6.45) is 0.328. The van der Waals surface area contributed by atoms with Gasteiger partial charge in [-0.3, -0.25) is 4.79 Å². The Hall–Kier alpha value is -2.93. The highest BCUT2D eigenvalue weighted by Gasteiger charge is 2.06. The van der Waals surface area contributed by atoms with E-state index in [1.165, 1.54) is 0 Å². The molecule has 0 aliphatic carbocycles. The molecule has 8 heteroatoms. The number of hydrogen-bond acceptors (Lipinski definition) is 5. The summed E-state index contributed by atoms with van der Waals surface area (Å²) < 4.78 is 1.75. The van der Waals surface area contributed by atoms with Crippen molar-refractivity contribution >= 4 is 23.3 Å². The molecule has 0 spiro atoms. The third-order valence-electron chi connectivity index (χ3n) is 3.91. The van der Waals surface area contributed by atoms with E-state index in [1.807, 2.05) is 44.2 Å². The molecule has 2 N–H and O–H groups in total. The fraction of sp³-hybridized carbons (Fsp3) is 0.263. The Morgan fingerprint density at radius 3 is 2.48 bits per heavy atom. The quantitative estimate of drug-likeness (QED) is 0.612. The Kier molecular flexibility index (Phi) is 6.03. The molecule has 1 amide bonds. The summed E-state index contributed by atoms with van der Waals surface area (Å²) in [5.74, 6) is 1.28. The lowest BCUT2D eigenvalue weighted by atomic mass is 10.1. The summed E-state index contributed by atoms with van der Waals surface area (Å²) in [5.41, 5.74) is 2.87. The molecule has 0 radical (unpaired) electrons. The number of amides is 1. The van der Waals surface area contributed by atoms with Crippen molar-refractivity contribution in [3.05, 3.63) is 64.4 Å². The smallest absolute Gasteiger partial charge is 0.224 e. The Bertz CT molecular complexity index is 905. The molecule has 0 saturated heterocycles. The zero-order chi connectivity index (χ0) is 19.2. The number of rotatable bonds is 7. The molecule has 2 aromatic heterocycles. The maximum absolute atomic E-state index is 11.9. The van der Waals surface area contributed by atoms with Gasteiger partial charge in [0.2, 0.25) is 5.91 Å². The van der Waals surface area contributed by atoms with Crippen LogP contribution in [0.3, 0.4) is 0 Å². The van der Waals surface area contributed by atoms with E-state index in [1.54, 1.807) is 16.8 Å². The number of carbonyl (C=O) groups excluding carboxylic acids is 1. The molecular weight excluding hydrogens is 364 g/mol. The van der Waals surface area contributed by atoms with Crippen LogP contribution < -0.4 is 10.6 Å². The highest BCUT2D eigenvalue weighted by Crippen LogP contribution is 2.11. The monoisotopic (exact) mass is 384 g/mol. The van der Waals surface area contributed by atoms with Crippen molar-refractivity contribution in [1.29, 1.82) is 0 Å². The molecule has 0 bridgehead atoms. The lowest BCUT2D eigenvalue weighted by Gasteiger charge is -2.08. The van der Waals surface area contributed by atoms with E-state index in [0.717, 1.165) is 17.0 Å². The van der Waals surface area contributed by atoms with E-state index >= 15 is 0 Å². The van der Waals surface area contributed by atoms with Crippen molar-refractivity contribution in [2.24, 2.45) is 0 Å². The second-order valence-electron chi connectivity index (χ2n) is 6.20. The second-order valence-corrected chi connectivity index (χ2v) is 6.63. The molecule has 0 fully saturated rings. The summed E-state index contributed by atoms with van der Waals surface area (Å²) >= 11 is 5.84. The van der Waals surface area contributed by atoms with Crippen molar-refractivity contribution in [1.82, 2.24) is 25.3 Å². The Morgan fingerprint density at radius 2 is 1.85 bits per heavy atom. The van der Waals surface area contributed by atoms with Crippen LogP contribution in [-0.2, 0) is 11.2 Å². The van der Waals surface area contributed by atoms with Gasteiger partial charge in [-0.05, 0) is 49.7 Å². The first-order chi connectivity index (χ1) is 13.0. The number of hydrogen-bond donors (Lipinski definition) is 2. The molecule has 27 heavy (non-hydrogen) atoms. The van der Waals surface area contributed by atoms with Crippen LogP contribution in [0, 0.1) is 13.8 Å². The lowest BCUT2D eigenvalue weighted by molar-refractivity contribution is -0.120. The summed E-state index contributed by atoms with van der Waals surface area (Å²) in [7, 11) is 0. The number of aromatic nitrogens is 4. The average molecular weight is 385 g/mol. The van der Waals surface area contributed by atoms with Crippen LogP contribution in [0.5, 0.6) is 0 Å². The molecule has 0 aliphatic rings. The number of halogens is 1. The van der Waals surface area contributed by atoms with Gasteiger partial charge in [0.05, 0.1) is 12.1 Å². The molecule has 2 heterocycles. The van der Waals surface area contributed by atoms with Crippen molar-refractivity contribution in [3.63, 3.8) is 0 Å². The predicted octanol–water partition coefficient (Wildman–Crippen LogP) is 2.70. The molecule has 140 valence electrons.